The molecule has 2 N–H and O–H groups in total. The maximum atomic E-state index is 14.2. The highest BCUT2D eigenvalue weighted by atomic mass is 35.5. The predicted octanol–water partition coefficient (Wildman–Crippen LogP) is 2.00. The first-order valence-corrected chi connectivity index (χ1v) is 7.84. The molecule has 0 radical (unpaired) electrons. The molecule has 0 heterocycles. The molecule has 1 rings (SSSR count). The van der Waals surface area contributed by atoms with Crippen LogP contribution in [0.2, 0.25) is 5.02 Å². The number of carbonyl (C=O) groups excluding carboxylic acids is 1. The Kier molecular flexibility index (Phi) is 5.12. The minimum absolute atomic E-state index is 0.0708. The van der Waals surface area contributed by atoms with Gasteiger partial charge in [0.2, 0.25) is 10.0 Å². The van der Waals surface area contributed by atoms with E-state index in [0.717, 1.165) is 12.1 Å². The van der Waals surface area contributed by atoms with E-state index in [4.69, 9.17) is 16.7 Å². The molecular formula is C12H16ClFN2O3S. The first kappa shape index (κ1) is 16.9. The fraction of sp³-hybridized carbons (Fsp3) is 0.417. The van der Waals surface area contributed by atoms with E-state index in [0.29, 0.717) is 6.54 Å². The van der Waals surface area contributed by atoms with E-state index < -0.39 is 32.2 Å². The van der Waals surface area contributed by atoms with Crippen molar-refractivity contribution in [3.05, 3.63) is 28.5 Å². The Labute approximate surface area is 122 Å². The molecule has 1 aromatic carbocycles. The van der Waals surface area contributed by atoms with Crippen molar-refractivity contribution in [3.63, 3.8) is 0 Å². The topological polar surface area (TPSA) is 80.5 Å². The summed E-state index contributed by atoms with van der Waals surface area (Å²) in [5.41, 5.74) is -0.405. The quantitative estimate of drug-likeness (QED) is 0.920. The molecule has 0 aromatic heterocycles. The van der Waals surface area contributed by atoms with Crippen LogP contribution in [0, 0.1) is 5.82 Å². The van der Waals surface area contributed by atoms with Gasteiger partial charge in [0.05, 0.1) is 5.56 Å². The van der Waals surface area contributed by atoms with Gasteiger partial charge in [-0.1, -0.05) is 11.6 Å². The average Bonchev–Trinajstić information content (AvgIpc) is 2.30. The second-order valence-corrected chi connectivity index (χ2v) is 6.46. The van der Waals surface area contributed by atoms with Crippen molar-refractivity contribution in [2.75, 3.05) is 6.54 Å². The third-order valence-corrected chi connectivity index (χ3v) is 3.89. The normalized spacial score (nSPS) is 11.8. The SMILES string of the molecule is CCN(C(=O)c1cc(Cl)cc(S(N)(=O)=O)c1F)C(C)C. The number of amides is 1. The van der Waals surface area contributed by atoms with Crippen LogP contribution in [0.15, 0.2) is 17.0 Å². The number of carbonyl (C=O) groups is 1. The molecule has 0 saturated carbocycles. The maximum Gasteiger partial charge on any atom is 0.257 e. The van der Waals surface area contributed by atoms with Crippen LogP contribution in [-0.2, 0) is 10.0 Å². The van der Waals surface area contributed by atoms with Crippen LogP contribution in [0.3, 0.4) is 0 Å². The number of primary sulfonamides is 1. The van der Waals surface area contributed by atoms with Gasteiger partial charge in [0.1, 0.15) is 4.90 Å². The summed E-state index contributed by atoms with van der Waals surface area (Å²) in [5.74, 6) is -1.81. The van der Waals surface area contributed by atoms with Crippen LogP contribution >= 0.6 is 11.6 Å². The number of rotatable bonds is 4. The Hall–Kier alpha value is -1.18. The van der Waals surface area contributed by atoms with Gasteiger partial charge >= 0.3 is 0 Å². The zero-order valence-electron chi connectivity index (χ0n) is 11.4. The van der Waals surface area contributed by atoms with Crippen molar-refractivity contribution in [2.24, 2.45) is 5.14 Å². The van der Waals surface area contributed by atoms with E-state index in [-0.39, 0.29) is 11.1 Å². The molecule has 1 aromatic rings. The molecule has 0 aliphatic heterocycles. The molecule has 0 saturated heterocycles. The average molecular weight is 323 g/mol. The van der Waals surface area contributed by atoms with E-state index in [2.05, 4.69) is 0 Å². The number of nitrogens with two attached hydrogens (primary N) is 1. The highest BCUT2D eigenvalue weighted by Gasteiger charge is 2.26. The van der Waals surface area contributed by atoms with E-state index in [1.807, 2.05) is 0 Å². The molecule has 0 unspecified atom stereocenters. The lowest BCUT2D eigenvalue weighted by atomic mass is 10.1. The Morgan fingerprint density at radius 1 is 1.45 bits per heavy atom. The van der Waals surface area contributed by atoms with Crippen molar-refractivity contribution in [1.82, 2.24) is 4.90 Å². The molecule has 8 heteroatoms. The van der Waals surface area contributed by atoms with Crippen LogP contribution in [0.5, 0.6) is 0 Å². The summed E-state index contributed by atoms with van der Waals surface area (Å²) in [6.45, 7) is 5.63. The largest absolute Gasteiger partial charge is 0.336 e. The molecule has 112 valence electrons. The number of sulfonamides is 1. The maximum absolute atomic E-state index is 14.2. The summed E-state index contributed by atoms with van der Waals surface area (Å²) in [5, 5.41) is 4.84. The smallest absolute Gasteiger partial charge is 0.257 e. The summed E-state index contributed by atoms with van der Waals surface area (Å²) in [7, 11) is -4.29. The minimum Gasteiger partial charge on any atom is -0.336 e. The van der Waals surface area contributed by atoms with E-state index in [1.54, 1.807) is 20.8 Å². The standard InChI is InChI=1S/C12H16ClFN2O3S/c1-4-16(7(2)3)12(17)9-5-8(13)6-10(11(9)14)20(15,18)19/h5-7H,4H2,1-3H3,(H2,15,18,19). The van der Waals surface area contributed by atoms with Crippen molar-refractivity contribution in [2.45, 2.75) is 31.7 Å². The monoisotopic (exact) mass is 322 g/mol. The van der Waals surface area contributed by atoms with Gasteiger partial charge < -0.3 is 4.90 Å². The van der Waals surface area contributed by atoms with E-state index in [9.17, 15) is 17.6 Å². The fourth-order valence-corrected chi connectivity index (χ4v) is 2.76. The summed E-state index contributed by atoms with van der Waals surface area (Å²) in [6.07, 6.45) is 0. The minimum atomic E-state index is -4.29. The first-order valence-electron chi connectivity index (χ1n) is 5.92. The second kappa shape index (κ2) is 6.07. The van der Waals surface area contributed by atoms with Gasteiger partial charge in [0, 0.05) is 17.6 Å². The summed E-state index contributed by atoms with van der Waals surface area (Å²) in [6, 6.07) is 1.82. The molecule has 0 spiro atoms. The van der Waals surface area contributed by atoms with Crippen LogP contribution in [0.1, 0.15) is 31.1 Å². The van der Waals surface area contributed by atoms with Gasteiger partial charge in [0.25, 0.3) is 5.91 Å². The van der Waals surface area contributed by atoms with Gasteiger partial charge in [0.15, 0.2) is 5.82 Å². The van der Waals surface area contributed by atoms with E-state index >= 15 is 0 Å². The highest BCUT2D eigenvalue weighted by Crippen LogP contribution is 2.24. The van der Waals surface area contributed by atoms with Crippen LogP contribution < -0.4 is 5.14 Å². The van der Waals surface area contributed by atoms with Crippen LogP contribution in [0.4, 0.5) is 4.39 Å². The highest BCUT2D eigenvalue weighted by molar-refractivity contribution is 7.89. The zero-order chi connectivity index (χ0) is 15.7. The van der Waals surface area contributed by atoms with Gasteiger partial charge in [-0.05, 0) is 32.9 Å². The number of halogens is 2. The summed E-state index contributed by atoms with van der Waals surface area (Å²) >= 11 is 5.74. The van der Waals surface area contributed by atoms with Gasteiger partial charge in [-0.15, -0.1) is 0 Å². The van der Waals surface area contributed by atoms with Gasteiger partial charge in [-0.2, -0.15) is 0 Å². The number of nitrogens with zero attached hydrogens (tertiary/aromatic N) is 1. The molecule has 0 bridgehead atoms. The molecule has 5 nitrogen and oxygen atoms in total. The molecule has 0 aliphatic carbocycles. The fourth-order valence-electron chi connectivity index (χ4n) is 1.82. The van der Waals surface area contributed by atoms with Crippen molar-refractivity contribution in [3.8, 4) is 0 Å². The van der Waals surface area contributed by atoms with Crippen molar-refractivity contribution < 1.29 is 17.6 Å². The zero-order valence-corrected chi connectivity index (χ0v) is 12.9. The second-order valence-electron chi connectivity index (χ2n) is 4.50. The number of hydrogen-bond donors (Lipinski definition) is 1. The Balaban J connectivity index is 3.47. The van der Waals surface area contributed by atoms with Crippen molar-refractivity contribution in [1.29, 1.82) is 0 Å². The third kappa shape index (κ3) is 3.47. The predicted molar refractivity (Wildman–Crippen MR) is 74.6 cm³/mol. The van der Waals surface area contributed by atoms with E-state index in [1.165, 1.54) is 4.90 Å². The summed E-state index contributed by atoms with van der Waals surface area (Å²) in [4.78, 5) is 12.9. The van der Waals surface area contributed by atoms with Crippen LogP contribution in [-0.4, -0.2) is 31.8 Å². The molecule has 20 heavy (non-hydrogen) atoms. The van der Waals surface area contributed by atoms with Gasteiger partial charge in [-0.3, -0.25) is 4.79 Å². The summed E-state index contributed by atoms with van der Waals surface area (Å²) < 4.78 is 36.8. The van der Waals surface area contributed by atoms with Crippen molar-refractivity contribution >= 4 is 27.5 Å². The number of hydrogen-bond acceptors (Lipinski definition) is 3. The molecule has 0 atom stereocenters. The van der Waals surface area contributed by atoms with Crippen LogP contribution in [0.25, 0.3) is 0 Å². The Morgan fingerprint density at radius 3 is 2.40 bits per heavy atom. The Morgan fingerprint density at radius 2 is 2.00 bits per heavy atom. The third-order valence-electron chi connectivity index (χ3n) is 2.77. The lowest BCUT2D eigenvalue weighted by molar-refractivity contribution is 0.0711. The lowest BCUT2D eigenvalue weighted by Crippen LogP contribution is -2.37. The molecule has 0 fully saturated rings. The molecule has 1 amide bonds. The Bertz CT molecular complexity index is 632. The molecular weight excluding hydrogens is 307 g/mol. The number of benzene rings is 1. The van der Waals surface area contributed by atoms with Gasteiger partial charge in [-0.25, -0.2) is 17.9 Å². The molecule has 0 aliphatic rings. The lowest BCUT2D eigenvalue weighted by Gasteiger charge is -2.25. The first-order chi connectivity index (χ1) is 9.09.